The normalized spacial score (nSPS) is 24.6. The van der Waals surface area contributed by atoms with E-state index in [0.717, 1.165) is 18.4 Å². The van der Waals surface area contributed by atoms with Crippen molar-refractivity contribution in [2.75, 3.05) is 6.61 Å². The standard InChI is InChI=1S/C31H27N3O6/c1-30-24(36)15-31(40-30,12-14-39-23-9-3-5-18-19(23)6-2-8-22(18)35)26-25(30)28(37)34(29(26)38)21-11-10-17(16-32)27-20(21)7-4-13-33-27/h3-5,7,9-11,13,24,36-38H,2,6,8,12,14-15H2,1H3/t24-,30-,31+/m1/s1. The van der Waals surface area contributed by atoms with Crippen molar-refractivity contribution in [2.24, 2.45) is 0 Å². The number of aliphatic hydroxyl groups is 1. The number of hydrogen-bond acceptors (Lipinski definition) is 8. The minimum atomic E-state index is -1.23. The number of aromatic nitrogens is 2. The van der Waals surface area contributed by atoms with Gasteiger partial charge in [0.05, 0.1) is 40.6 Å². The Bertz CT molecular complexity index is 1770. The second-order valence-electron chi connectivity index (χ2n) is 11.0. The molecule has 2 aliphatic heterocycles. The molecule has 0 saturated carbocycles. The van der Waals surface area contributed by atoms with Gasteiger partial charge >= 0.3 is 0 Å². The van der Waals surface area contributed by atoms with E-state index in [1.54, 1.807) is 37.4 Å². The third-order valence-electron chi connectivity index (χ3n) is 8.77. The number of aromatic hydroxyl groups is 2. The number of pyridine rings is 1. The smallest absolute Gasteiger partial charge is 0.205 e. The van der Waals surface area contributed by atoms with Gasteiger partial charge in [-0.05, 0) is 50.1 Å². The highest BCUT2D eigenvalue weighted by Gasteiger charge is 2.66. The van der Waals surface area contributed by atoms with Crippen LogP contribution in [0, 0.1) is 11.3 Å². The van der Waals surface area contributed by atoms with Crippen molar-refractivity contribution in [1.82, 2.24) is 9.55 Å². The quantitative estimate of drug-likeness (QED) is 0.338. The van der Waals surface area contributed by atoms with E-state index in [0.29, 0.717) is 57.4 Å². The van der Waals surface area contributed by atoms with Crippen molar-refractivity contribution in [1.29, 1.82) is 5.26 Å². The summed E-state index contributed by atoms with van der Waals surface area (Å²) >= 11 is 0. The molecular formula is C31H27N3O6. The van der Waals surface area contributed by atoms with Crippen LogP contribution in [0.4, 0.5) is 0 Å². The summed E-state index contributed by atoms with van der Waals surface area (Å²) in [6, 6.07) is 14.4. The number of ether oxygens (including phenoxy) is 2. The van der Waals surface area contributed by atoms with Gasteiger partial charge in [0.1, 0.15) is 23.0 Å². The van der Waals surface area contributed by atoms with Gasteiger partial charge in [-0.2, -0.15) is 5.26 Å². The highest BCUT2D eigenvalue weighted by atomic mass is 16.6. The molecule has 3 N–H and O–H groups in total. The summed E-state index contributed by atoms with van der Waals surface area (Å²) in [5, 5.41) is 44.4. The minimum absolute atomic E-state index is 0.121. The molecule has 0 radical (unpaired) electrons. The van der Waals surface area contributed by atoms with E-state index in [-0.39, 0.29) is 30.6 Å². The third-order valence-corrected chi connectivity index (χ3v) is 8.77. The fourth-order valence-corrected chi connectivity index (χ4v) is 6.90. The summed E-state index contributed by atoms with van der Waals surface area (Å²) in [6.45, 7) is 1.93. The van der Waals surface area contributed by atoms with E-state index in [2.05, 4.69) is 11.1 Å². The van der Waals surface area contributed by atoms with Crippen molar-refractivity contribution in [3.8, 4) is 29.3 Å². The van der Waals surface area contributed by atoms with Crippen LogP contribution in [0.5, 0.6) is 17.5 Å². The van der Waals surface area contributed by atoms with E-state index in [9.17, 15) is 25.4 Å². The van der Waals surface area contributed by atoms with Crippen LogP contribution >= 0.6 is 0 Å². The molecule has 202 valence electrons. The molecule has 4 aromatic rings. The van der Waals surface area contributed by atoms with Crippen LogP contribution < -0.4 is 4.74 Å². The topological polar surface area (TPSA) is 138 Å². The second kappa shape index (κ2) is 8.55. The van der Waals surface area contributed by atoms with Gasteiger partial charge in [0.25, 0.3) is 0 Å². The number of nitriles is 1. The molecule has 9 nitrogen and oxygen atoms in total. The van der Waals surface area contributed by atoms with Gasteiger partial charge < -0.3 is 24.8 Å². The predicted octanol–water partition coefficient (Wildman–Crippen LogP) is 4.50. The van der Waals surface area contributed by atoms with E-state index in [1.165, 1.54) is 4.57 Å². The van der Waals surface area contributed by atoms with E-state index in [4.69, 9.17) is 9.47 Å². The summed E-state index contributed by atoms with van der Waals surface area (Å²) in [5.74, 6) is 0.349. The first-order valence-electron chi connectivity index (χ1n) is 13.4. The molecular weight excluding hydrogens is 510 g/mol. The number of carbonyl (C=O) groups excluding carboxylic acids is 1. The Labute approximate surface area is 229 Å². The summed E-state index contributed by atoms with van der Waals surface area (Å²) in [4.78, 5) is 16.7. The molecule has 3 atom stereocenters. The summed E-state index contributed by atoms with van der Waals surface area (Å²) in [5.41, 5.74) is 1.33. The number of nitrogens with zero attached hydrogens (tertiary/aromatic N) is 3. The Morgan fingerprint density at radius 3 is 2.80 bits per heavy atom. The van der Waals surface area contributed by atoms with Gasteiger partial charge in [0, 0.05) is 42.0 Å². The van der Waals surface area contributed by atoms with Crippen LogP contribution in [0.15, 0.2) is 48.7 Å². The van der Waals surface area contributed by atoms with Crippen molar-refractivity contribution in [3.63, 3.8) is 0 Å². The predicted molar refractivity (Wildman–Crippen MR) is 144 cm³/mol. The fraction of sp³-hybridized carbons (Fsp3) is 0.323. The van der Waals surface area contributed by atoms with Crippen molar-refractivity contribution in [2.45, 2.75) is 56.3 Å². The van der Waals surface area contributed by atoms with Crippen molar-refractivity contribution < 1.29 is 29.6 Å². The van der Waals surface area contributed by atoms with Gasteiger partial charge in [0.2, 0.25) is 11.8 Å². The molecule has 0 unspecified atom stereocenters. The first kappa shape index (κ1) is 24.6. The zero-order chi connectivity index (χ0) is 27.8. The number of Topliss-reactive ketones (excluding diaryl/α,β-unsaturated/α-hetero) is 1. The molecule has 0 spiro atoms. The number of aliphatic hydroxyl groups excluding tert-OH is 1. The average molecular weight is 538 g/mol. The lowest BCUT2D eigenvalue weighted by Gasteiger charge is -2.27. The van der Waals surface area contributed by atoms with Gasteiger partial charge in [0.15, 0.2) is 5.78 Å². The maximum Gasteiger partial charge on any atom is 0.205 e. The number of ketones is 1. The Morgan fingerprint density at radius 2 is 1.98 bits per heavy atom. The summed E-state index contributed by atoms with van der Waals surface area (Å²) in [6.07, 6.45) is 3.29. The van der Waals surface area contributed by atoms with E-state index in [1.807, 2.05) is 18.2 Å². The van der Waals surface area contributed by atoms with Crippen molar-refractivity contribution in [3.05, 3.63) is 76.5 Å². The maximum atomic E-state index is 12.4. The molecule has 4 heterocycles. The van der Waals surface area contributed by atoms with Crippen LogP contribution in [0.3, 0.4) is 0 Å². The van der Waals surface area contributed by atoms with Crippen LogP contribution in [0.25, 0.3) is 16.6 Å². The molecule has 40 heavy (non-hydrogen) atoms. The first-order chi connectivity index (χ1) is 19.3. The Hall–Kier alpha value is -4.39. The van der Waals surface area contributed by atoms with Gasteiger partial charge in [-0.25, -0.2) is 0 Å². The largest absolute Gasteiger partial charge is 0.494 e. The second-order valence-corrected chi connectivity index (χ2v) is 11.0. The molecule has 1 saturated heterocycles. The molecule has 3 aliphatic rings. The first-order valence-corrected chi connectivity index (χ1v) is 13.4. The maximum absolute atomic E-state index is 12.4. The third kappa shape index (κ3) is 3.20. The van der Waals surface area contributed by atoms with E-state index < -0.39 is 17.3 Å². The Balaban J connectivity index is 1.29. The number of fused-ring (bicyclic) bond motifs is 7. The van der Waals surface area contributed by atoms with Crippen LogP contribution in [0.2, 0.25) is 0 Å². The molecule has 0 amide bonds. The molecule has 2 aromatic heterocycles. The van der Waals surface area contributed by atoms with Crippen molar-refractivity contribution >= 4 is 16.7 Å². The average Bonchev–Trinajstić information content (AvgIpc) is 3.49. The zero-order valence-electron chi connectivity index (χ0n) is 21.8. The highest BCUT2D eigenvalue weighted by Crippen LogP contribution is 2.65. The minimum Gasteiger partial charge on any atom is -0.494 e. The molecule has 1 aliphatic carbocycles. The van der Waals surface area contributed by atoms with E-state index >= 15 is 0 Å². The monoisotopic (exact) mass is 537 g/mol. The molecule has 1 fully saturated rings. The molecule has 2 bridgehead atoms. The molecule has 9 heteroatoms. The number of benzene rings is 2. The van der Waals surface area contributed by atoms with Gasteiger partial charge in [-0.3, -0.25) is 14.3 Å². The molecule has 7 rings (SSSR count). The van der Waals surface area contributed by atoms with Gasteiger partial charge in [-0.15, -0.1) is 0 Å². The lowest BCUT2D eigenvalue weighted by molar-refractivity contribution is -0.107. The number of carbonyl (C=O) groups is 1. The van der Waals surface area contributed by atoms with Crippen LogP contribution in [0.1, 0.15) is 65.2 Å². The lowest BCUT2D eigenvalue weighted by atomic mass is 9.76. The Morgan fingerprint density at radius 1 is 1.15 bits per heavy atom. The van der Waals surface area contributed by atoms with Crippen LogP contribution in [-0.2, 0) is 22.4 Å². The van der Waals surface area contributed by atoms with Crippen LogP contribution in [-0.4, -0.2) is 43.4 Å². The fourth-order valence-electron chi connectivity index (χ4n) is 6.90. The number of hydrogen-bond donors (Lipinski definition) is 3. The Kier molecular flexibility index (Phi) is 5.27. The summed E-state index contributed by atoms with van der Waals surface area (Å²) in [7, 11) is 0. The lowest BCUT2D eigenvalue weighted by Crippen LogP contribution is -2.33. The summed E-state index contributed by atoms with van der Waals surface area (Å²) < 4.78 is 14.0. The highest BCUT2D eigenvalue weighted by molar-refractivity contribution is 5.99. The number of rotatable bonds is 5. The SMILES string of the molecule is C[C@@]12O[C@@](CCOc3cccc4c3CCCC4=O)(C[C@H]1O)c1c2c(O)n(-c2ccc(C#N)c3ncccc23)c1O. The zero-order valence-corrected chi connectivity index (χ0v) is 21.8. The molecule has 2 aromatic carbocycles. The van der Waals surface area contributed by atoms with Gasteiger partial charge in [-0.1, -0.05) is 12.1 Å².